The standard InChI is InChI=1S/C27H30O16/c1-8-17(31)20(34)23(37)26(40-8)39-7-15-18(32)21(35)24(38)27(43-15)41-10-5-13(30)16-14(6-10)42-25(22(36)19(16)33)9-2-3-11(28)12(29)4-9/h2-6,8,15,17-18,20-21,23-24,26-32,34-38H,7H2,1H3/t8?,15?,17-,18+,20-,21-,23?,24?,26+,27+/m0/s1. The minimum absolute atomic E-state index is 0.00656. The van der Waals surface area contributed by atoms with Crippen molar-refractivity contribution >= 4 is 11.0 Å². The Hall–Kier alpha value is -3.71. The summed E-state index contributed by atoms with van der Waals surface area (Å²) in [7, 11) is 0. The van der Waals surface area contributed by atoms with Crippen molar-refractivity contribution in [3.63, 3.8) is 0 Å². The molecule has 0 spiro atoms. The predicted octanol–water partition coefficient (Wildman–Crippen LogP) is -1.69. The van der Waals surface area contributed by atoms with E-state index in [0.29, 0.717) is 0 Å². The van der Waals surface area contributed by atoms with Gasteiger partial charge in [-0.1, -0.05) is 0 Å². The molecule has 10 N–H and O–H groups in total. The summed E-state index contributed by atoms with van der Waals surface area (Å²) in [6, 6.07) is 5.44. The predicted molar refractivity (Wildman–Crippen MR) is 140 cm³/mol. The Morgan fingerprint density at radius 3 is 2.12 bits per heavy atom. The molecule has 2 fully saturated rings. The van der Waals surface area contributed by atoms with E-state index < -0.39 is 108 Å². The monoisotopic (exact) mass is 610 g/mol. The van der Waals surface area contributed by atoms with E-state index in [0.717, 1.165) is 24.3 Å². The highest BCUT2D eigenvalue weighted by Crippen LogP contribution is 2.38. The second-order valence-corrected chi connectivity index (χ2v) is 10.3. The number of phenols is 3. The summed E-state index contributed by atoms with van der Waals surface area (Å²) in [6.45, 7) is 0.897. The second kappa shape index (κ2) is 11.8. The van der Waals surface area contributed by atoms with E-state index in [-0.39, 0.29) is 16.9 Å². The Balaban J connectivity index is 1.39. The zero-order valence-electron chi connectivity index (χ0n) is 22.3. The molecule has 16 heteroatoms. The van der Waals surface area contributed by atoms with Crippen molar-refractivity contribution in [2.24, 2.45) is 0 Å². The molecule has 2 saturated heterocycles. The second-order valence-electron chi connectivity index (χ2n) is 10.3. The normalized spacial score (nSPS) is 33.0. The van der Waals surface area contributed by atoms with Gasteiger partial charge in [-0.2, -0.15) is 0 Å². The molecule has 0 bridgehead atoms. The summed E-state index contributed by atoms with van der Waals surface area (Å²) in [5.74, 6) is -3.27. The summed E-state index contributed by atoms with van der Waals surface area (Å²) in [5, 5.41) is 101. The van der Waals surface area contributed by atoms with Crippen LogP contribution >= 0.6 is 0 Å². The highest BCUT2D eigenvalue weighted by Gasteiger charge is 2.47. The molecule has 5 rings (SSSR count). The summed E-state index contributed by atoms with van der Waals surface area (Å²) in [4.78, 5) is 12.8. The van der Waals surface area contributed by atoms with Crippen LogP contribution in [0, 0.1) is 0 Å². The van der Waals surface area contributed by atoms with Crippen LogP contribution in [0.1, 0.15) is 6.92 Å². The van der Waals surface area contributed by atoms with Crippen LogP contribution in [0.5, 0.6) is 28.7 Å². The van der Waals surface area contributed by atoms with Crippen LogP contribution in [0.15, 0.2) is 39.5 Å². The fraction of sp³-hybridized carbons (Fsp3) is 0.444. The van der Waals surface area contributed by atoms with Gasteiger partial charge in [0.1, 0.15) is 65.2 Å². The molecule has 3 heterocycles. The van der Waals surface area contributed by atoms with Crippen molar-refractivity contribution in [2.45, 2.75) is 68.3 Å². The first-order chi connectivity index (χ1) is 20.3. The average Bonchev–Trinajstić information content (AvgIpc) is 2.97. The van der Waals surface area contributed by atoms with E-state index in [4.69, 9.17) is 23.4 Å². The van der Waals surface area contributed by atoms with Crippen LogP contribution in [0.4, 0.5) is 0 Å². The molecule has 43 heavy (non-hydrogen) atoms. The quantitative estimate of drug-likeness (QED) is 0.140. The third kappa shape index (κ3) is 5.67. The van der Waals surface area contributed by atoms with E-state index in [1.54, 1.807) is 0 Å². The van der Waals surface area contributed by atoms with Crippen molar-refractivity contribution in [3.05, 3.63) is 40.6 Å². The van der Waals surface area contributed by atoms with Gasteiger partial charge in [0.25, 0.3) is 0 Å². The number of ether oxygens (including phenoxy) is 4. The zero-order valence-corrected chi connectivity index (χ0v) is 22.3. The number of aromatic hydroxyl groups is 4. The molecule has 1 aromatic heterocycles. The van der Waals surface area contributed by atoms with E-state index in [1.807, 2.05) is 0 Å². The topological polar surface area (TPSA) is 269 Å². The minimum atomic E-state index is -1.83. The number of aliphatic hydroxyl groups excluding tert-OH is 6. The molecule has 0 amide bonds. The molecule has 4 unspecified atom stereocenters. The van der Waals surface area contributed by atoms with Gasteiger partial charge in [-0.15, -0.1) is 0 Å². The van der Waals surface area contributed by atoms with Gasteiger partial charge in [-0.3, -0.25) is 4.79 Å². The maximum Gasteiger partial charge on any atom is 0.238 e. The number of rotatable bonds is 6. The molecule has 0 radical (unpaired) electrons. The lowest BCUT2D eigenvalue weighted by Crippen LogP contribution is -2.61. The highest BCUT2D eigenvalue weighted by atomic mass is 16.7. The molecular formula is C27H30O16. The molecule has 2 aliphatic heterocycles. The van der Waals surface area contributed by atoms with E-state index in [1.165, 1.54) is 13.0 Å². The van der Waals surface area contributed by atoms with Crippen molar-refractivity contribution in [2.75, 3.05) is 6.61 Å². The summed E-state index contributed by atoms with van der Waals surface area (Å²) >= 11 is 0. The van der Waals surface area contributed by atoms with Crippen molar-refractivity contribution in [1.29, 1.82) is 0 Å². The van der Waals surface area contributed by atoms with Crippen LogP contribution in [0.3, 0.4) is 0 Å². The average molecular weight is 611 g/mol. The largest absolute Gasteiger partial charge is 0.507 e. The van der Waals surface area contributed by atoms with Gasteiger partial charge in [0.15, 0.2) is 23.5 Å². The third-order valence-corrected chi connectivity index (χ3v) is 7.32. The van der Waals surface area contributed by atoms with E-state index in [2.05, 4.69) is 0 Å². The summed E-state index contributed by atoms with van der Waals surface area (Å²) in [6.07, 6.45) is -15.4. The van der Waals surface area contributed by atoms with Gasteiger partial charge >= 0.3 is 0 Å². The van der Waals surface area contributed by atoms with Gasteiger partial charge in [-0.05, 0) is 25.1 Å². The lowest BCUT2D eigenvalue weighted by Gasteiger charge is -2.42. The molecule has 16 nitrogen and oxygen atoms in total. The smallest absolute Gasteiger partial charge is 0.238 e. The minimum Gasteiger partial charge on any atom is -0.507 e. The van der Waals surface area contributed by atoms with Crippen LogP contribution < -0.4 is 10.2 Å². The molecule has 10 atom stereocenters. The maximum atomic E-state index is 12.8. The van der Waals surface area contributed by atoms with Crippen LogP contribution in [-0.2, 0) is 14.2 Å². The lowest BCUT2D eigenvalue weighted by atomic mass is 9.98. The van der Waals surface area contributed by atoms with Crippen LogP contribution in [0.25, 0.3) is 22.3 Å². The number of benzene rings is 2. The first-order valence-electron chi connectivity index (χ1n) is 13.0. The molecule has 0 aliphatic carbocycles. The van der Waals surface area contributed by atoms with Crippen molar-refractivity contribution in [1.82, 2.24) is 0 Å². The number of phenolic OH excluding ortho intramolecular Hbond substituents is 3. The van der Waals surface area contributed by atoms with Crippen LogP contribution in [-0.4, -0.2) is 119 Å². The number of fused-ring (bicyclic) bond motifs is 1. The first-order valence-corrected chi connectivity index (χ1v) is 13.0. The molecule has 2 aliphatic rings. The van der Waals surface area contributed by atoms with Crippen molar-refractivity contribution < 1.29 is 74.4 Å². The van der Waals surface area contributed by atoms with Gasteiger partial charge in [0.2, 0.25) is 17.5 Å². The molecule has 234 valence electrons. The Morgan fingerprint density at radius 2 is 1.42 bits per heavy atom. The highest BCUT2D eigenvalue weighted by molar-refractivity contribution is 5.88. The third-order valence-electron chi connectivity index (χ3n) is 7.32. The van der Waals surface area contributed by atoms with Gasteiger partial charge in [-0.25, -0.2) is 0 Å². The van der Waals surface area contributed by atoms with E-state index >= 15 is 0 Å². The molecule has 0 saturated carbocycles. The number of aliphatic hydroxyl groups is 6. The number of hydrogen-bond donors (Lipinski definition) is 10. The van der Waals surface area contributed by atoms with Gasteiger partial charge < -0.3 is 74.4 Å². The fourth-order valence-corrected chi connectivity index (χ4v) is 4.82. The zero-order chi connectivity index (χ0) is 31.3. The fourth-order valence-electron chi connectivity index (χ4n) is 4.82. The van der Waals surface area contributed by atoms with Crippen molar-refractivity contribution in [3.8, 4) is 40.1 Å². The molecule has 2 aromatic carbocycles. The summed E-state index contributed by atoms with van der Waals surface area (Å²) < 4.78 is 27.6. The first kappa shape index (κ1) is 30.7. The molecular weight excluding hydrogens is 580 g/mol. The Labute approximate surface area is 241 Å². The Morgan fingerprint density at radius 1 is 0.744 bits per heavy atom. The maximum absolute atomic E-state index is 12.8. The molecule has 3 aromatic rings. The van der Waals surface area contributed by atoms with Gasteiger partial charge in [0.05, 0.1) is 12.7 Å². The summed E-state index contributed by atoms with van der Waals surface area (Å²) in [5.41, 5.74) is -1.33. The van der Waals surface area contributed by atoms with Crippen LogP contribution in [0.2, 0.25) is 0 Å². The van der Waals surface area contributed by atoms with Gasteiger partial charge in [0, 0.05) is 17.7 Å². The number of hydrogen-bond acceptors (Lipinski definition) is 16. The lowest BCUT2D eigenvalue weighted by molar-refractivity contribution is -0.318. The SMILES string of the molecule is CC1O[C@@H](OCC2O[C@@H](Oc3cc(O)c4c(=O)c(O)c(-c5ccc(O)c(O)c5)oc4c3)C(O)[C@@H](O)[C@@H]2O)C(O)[C@@H](O)[C@H]1O. The Kier molecular flexibility index (Phi) is 8.41. The van der Waals surface area contributed by atoms with E-state index in [9.17, 15) is 55.9 Å². The Bertz CT molecular complexity index is 1540.